The fraction of sp³-hybridized carbons (Fsp3) is 0.688. The molecule has 0 aliphatic carbocycles. The van der Waals surface area contributed by atoms with Crippen LogP contribution in [0.2, 0.25) is 0 Å². The van der Waals surface area contributed by atoms with Gasteiger partial charge >= 0.3 is 6.09 Å². The Morgan fingerprint density at radius 1 is 1.05 bits per heavy atom. The van der Waals surface area contributed by atoms with Gasteiger partial charge in [0.15, 0.2) is 0 Å². The smallest absolute Gasteiger partial charge is 0.407 e. The fourth-order valence-corrected chi connectivity index (χ4v) is 3.24. The van der Waals surface area contributed by atoms with Crippen LogP contribution in [0.1, 0.15) is 124 Å². The number of benzene rings is 1. The summed E-state index contributed by atoms with van der Waals surface area (Å²) in [6.07, 6.45) is 7.32. The molecule has 1 fully saturated rings. The van der Waals surface area contributed by atoms with Gasteiger partial charge in [-0.3, -0.25) is 14.9 Å². The van der Waals surface area contributed by atoms with Crippen LogP contribution >= 0.6 is 0 Å². The molecule has 1 aromatic carbocycles. The Morgan fingerprint density at radius 2 is 1.67 bits per heavy atom. The molecule has 0 bridgehead atoms. The lowest BCUT2D eigenvalue weighted by atomic mass is 9.94. The molecule has 0 spiro atoms. The average Bonchev–Trinajstić information content (AvgIpc) is 2.88. The summed E-state index contributed by atoms with van der Waals surface area (Å²) in [6.45, 7) is 22.5. The lowest BCUT2D eigenvalue weighted by molar-refractivity contribution is -0.136. The van der Waals surface area contributed by atoms with Crippen LogP contribution in [-0.2, 0) is 25.5 Å². The van der Waals surface area contributed by atoms with Crippen molar-refractivity contribution in [1.82, 2.24) is 10.6 Å². The lowest BCUT2D eigenvalue weighted by Gasteiger charge is -2.19. The third-order valence-corrected chi connectivity index (χ3v) is 5.28. The van der Waals surface area contributed by atoms with Gasteiger partial charge in [0.1, 0.15) is 11.9 Å². The van der Waals surface area contributed by atoms with E-state index in [0.29, 0.717) is 19.4 Å². The highest BCUT2D eigenvalue weighted by atomic mass is 16.6. The maximum absolute atomic E-state index is 11.4. The zero-order valence-electron chi connectivity index (χ0n) is 26.8. The number of aryl methyl sites for hydroxylation is 3. The molecule has 7 nitrogen and oxygen atoms in total. The molecule has 1 saturated heterocycles. The number of carbonyl (C=O) groups excluding carboxylic acids is 4. The minimum atomic E-state index is -0.432. The summed E-state index contributed by atoms with van der Waals surface area (Å²) in [5, 5.41) is 5.11. The van der Waals surface area contributed by atoms with Gasteiger partial charge in [0.25, 0.3) is 0 Å². The van der Waals surface area contributed by atoms with Crippen molar-refractivity contribution >= 4 is 24.2 Å². The van der Waals surface area contributed by atoms with Crippen molar-refractivity contribution in [1.29, 1.82) is 0 Å². The van der Waals surface area contributed by atoms with Crippen molar-refractivity contribution in [3.8, 4) is 0 Å². The molecule has 0 saturated carbocycles. The summed E-state index contributed by atoms with van der Waals surface area (Å²) in [7, 11) is 0. The molecule has 1 unspecified atom stereocenters. The second-order valence-corrected chi connectivity index (χ2v) is 9.84. The van der Waals surface area contributed by atoms with Gasteiger partial charge in [-0.1, -0.05) is 66.2 Å². The van der Waals surface area contributed by atoms with E-state index in [-0.39, 0.29) is 23.8 Å². The third kappa shape index (κ3) is 24.1. The molecule has 1 atom stereocenters. The summed E-state index contributed by atoms with van der Waals surface area (Å²) >= 11 is 0. The van der Waals surface area contributed by atoms with Crippen LogP contribution < -0.4 is 10.6 Å². The van der Waals surface area contributed by atoms with Crippen molar-refractivity contribution in [2.75, 3.05) is 6.54 Å². The molecule has 3 amide bonds. The Kier molecular flexibility index (Phi) is 26.7. The first-order valence-electron chi connectivity index (χ1n) is 14.7. The van der Waals surface area contributed by atoms with Crippen molar-refractivity contribution in [2.24, 2.45) is 5.92 Å². The first-order valence-corrected chi connectivity index (χ1v) is 14.7. The molecule has 1 aromatic rings. The summed E-state index contributed by atoms with van der Waals surface area (Å²) < 4.78 is 5.17. The maximum atomic E-state index is 11.4. The van der Waals surface area contributed by atoms with Gasteiger partial charge in [0.05, 0.1) is 0 Å². The van der Waals surface area contributed by atoms with Crippen LogP contribution in [-0.4, -0.2) is 36.3 Å². The number of rotatable bonds is 8. The van der Waals surface area contributed by atoms with Gasteiger partial charge in [-0.05, 0) is 83.4 Å². The van der Waals surface area contributed by atoms with Gasteiger partial charge < -0.3 is 14.8 Å². The highest BCUT2D eigenvalue weighted by Gasteiger charge is 2.25. The second kappa shape index (κ2) is 25.6. The normalized spacial score (nSPS) is 13.8. The third-order valence-electron chi connectivity index (χ3n) is 5.28. The molecule has 2 N–H and O–H groups in total. The molecular weight excluding hydrogens is 492 g/mol. The van der Waals surface area contributed by atoms with E-state index in [1.165, 1.54) is 16.7 Å². The number of aldehydes is 1. The predicted molar refractivity (Wildman–Crippen MR) is 163 cm³/mol. The highest BCUT2D eigenvalue weighted by Crippen LogP contribution is 2.17. The number of hydrogen-bond acceptors (Lipinski definition) is 5. The molecular formula is C32H58N2O5. The monoisotopic (exact) mass is 550 g/mol. The number of alkyl carbamates (subject to hydrolysis) is 1. The van der Waals surface area contributed by atoms with Crippen LogP contribution in [0.5, 0.6) is 0 Å². The summed E-state index contributed by atoms with van der Waals surface area (Å²) in [6, 6.07) is 6.50. The van der Waals surface area contributed by atoms with Gasteiger partial charge in [0.2, 0.25) is 11.8 Å². The number of amides is 3. The van der Waals surface area contributed by atoms with Crippen molar-refractivity contribution in [3.05, 3.63) is 34.9 Å². The maximum Gasteiger partial charge on any atom is 0.407 e. The summed E-state index contributed by atoms with van der Waals surface area (Å²) in [5.74, 6) is -0.122. The largest absolute Gasteiger partial charge is 0.444 e. The molecule has 2 rings (SSSR count). The predicted octanol–water partition coefficient (Wildman–Crippen LogP) is 7.64. The first kappa shape index (κ1) is 40.8. The molecule has 0 aromatic heterocycles. The summed E-state index contributed by atoms with van der Waals surface area (Å²) in [4.78, 5) is 42.6. The number of ether oxygens (including phenoxy) is 1. The molecule has 1 aliphatic heterocycles. The standard InChI is InChI=1S/C16H25NO2.C8H13NO2.C4H8O.2C2H6/c1-12-8-9-14(11-13(12)2)7-6-10-17-15(18)19-16(3,4)5;1-2-3-6-4-5-7(10)9-8(6)11;1-2-3-4-5;2*1-2/h8-9,11H,6-7,10H2,1-5H3,(H,17,18);6H,2-5H2,1H3,(H,9,10,11);4H,2-3H2,1H3;2*1-2H3. The zero-order valence-corrected chi connectivity index (χ0v) is 26.8. The van der Waals surface area contributed by atoms with E-state index in [0.717, 1.165) is 44.8 Å². The second-order valence-electron chi connectivity index (χ2n) is 9.84. The highest BCUT2D eigenvalue weighted by molar-refractivity contribution is 5.98. The molecule has 39 heavy (non-hydrogen) atoms. The molecule has 226 valence electrons. The van der Waals surface area contributed by atoms with Gasteiger partial charge in [-0.25, -0.2) is 4.79 Å². The van der Waals surface area contributed by atoms with E-state index in [4.69, 9.17) is 4.74 Å². The summed E-state index contributed by atoms with van der Waals surface area (Å²) in [5.41, 5.74) is 3.51. The van der Waals surface area contributed by atoms with Crippen molar-refractivity contribution in [3.63, 3.8) is 0 Å². The van der Waals surface area contributed by atoms with Gasteiger partial charge in [0, 0.05) is 25.3 Å². The Balaban J connectivity index is -0.000000545. The zero-order chi connectivity index (χ0) is 30.9. The van der Waals surface area contributed by atoms with Crippen molar-refractivity contribution in [2.45, 2.75) is 133 Å². The van der Waals surface area contributed by atoms with E-state index in [1.807, 2.05) is 62.3 Å². The van der Waals surface area contributed by atoms with Gasteiger partial charge in [-0.2, -0.15) is 0 Å². The average molecular weight is 551 g/mol. The van der Waals surface area contributed by atoms with Crippen LogP contribution in [0.25, 0.3) is 0 Å². The van der Waals surface area contributed by atoms with E-state index >= 15 is 0 Å². The number of nitrogens with one attached hydrogen (secondary N) is 2. The Hall–Kier alpha value is -2.70. The molecule has 7 heteroatoms. The Labute approximate surface area is 239 Å². The minimum Gasteiger partial charge on any atom is -0.444 e. The number of carbonyl (C=O) groups is 4. The van der Waals surface area contributed by atoms with E-state index in [2.05, 4.69) is 42.7 Å². The quantitative estimate of drug-likeness (QED) is 0.197. The number of piperidine rings is 1. The SMILES string of the molecule is CC.CC.CCCC1CCC(=O)NC1=O.CCCC=O.Cc1ccc(CCCNC(=O)OC(C)(C)C)cc1C. The first-order chi connectivity index (χ1) is 18.4. The van der Waals surface area contributed by atoms with Gasteiger partial charge in [-0.15, -0.1) is 0 Å². The van der Waals surface area contributed by atoms with E-state index in [1.54, 1.807) is 0 Å². The number of hydrogen-bond donors (Lipinski definition) is 2. The lowest BCUT2D eigenvalue weighted by Crippen LogP contribution is -2.40. The number of unbranched alkanes of at least 4 members (excludes halogenated alkanes) is 1. The van der Waals surface area contributed by atoms with Crippen LogP contribution in [0.15, 0.2) is 18.2 Å². The molecule has 1 heterocycles. The van der Waals surface area contributed by atoms with E-state index in [9.17, 15) is 19.2 Å². The topological polar surface area (TPSA) is 102 Å². The Bertz CT molecular complexity index is 800. The fourth-order valence-electron chi connectivity index (χ4n) is 3.24. The molecule has 1 aliphatic rings. The van der Waals surface area contributed by atoms with E-state index < -0.39 is 5.60 Å². The van der Waals surface area contributed by atoms with Crippen molar-refractivity contribution < 1.29 is 23.9 Å². The van der Waals surface area contributed by atoms with Crippen LogP contribution in [0.4, 0.5) is 4.79 Å². The molecule has 0 radical (unpaired) electrons. The minimum absolute atomic E-state index is 0.0805. The number of imide groups is 1. The Morgan fingerprint density at radius 3 is 2.10 bits per heavy atom. The van der Waals surface area contributed by atoms with Crippen LogP contribution in [0, 0.1) is 19.8 Å². The van der Waals surface area contributed by atoms with Crippen LogP contribution in [0.3, 0.4) is 0 Å².